The van der Waals surface area contributed by atoms with Crippen LogP contribution >= 0.6 is 11.6 Å². The van der Waals surface area contributed by atoms with Crippen LogP contribution in [0.2, 0.25) is 5.02 Å². The van der Waals surface area contributed by atoms with Gasteiger partial charge in [0.1, 0.15) is 12.4 Å². The highest BCUT2D eigenvalue weighted by molar-refractivity contribution is 7.89. The number of carbonyl (C=O) groups excluding carboxylic acids is 2. The van der Waals surface area contributed by atoms with E-state index < -0.39 is 33.7 Å². The van der Waals surface area contributed by atoms with E-state index in [9.17, 15) is 22.4 Å². The molecule has 1 aliphatic heterocycles. The summed E-state index contributed by atoms with van der Waals surface area (Å²) in [4.78, 5) is 27.9. The molecule has 0 radical (unpaired) electrons. The molecule has 36 heavy (non-hydrogen) atoms. The van der Waals surface area contributed by atoms with E-state index >= 15 is 0 Å². The van der Waals surface area contributed by atoms with E-state index in [1.165, 1.54) is 45.6 Å². The third-order valence-corrected chi connectivity index (χ3v) is 8.40. The maximum atomic E-state index is 13.7. The number of rotatable bonds is 6. The Bertz CT molecular complexity index is 1390. The van der Waals surface area contributed by atoms with Crippen molar-refractivity contribution in [1.29, 1.82) is 0 Å². The number of sulfonamides is 1. The van der Waals surface area contributed by atoms with Crippen LogP contribution in [0, 0.1) is 5.82 Å². The lowest BCUT2D eigenvalue weighted by Gasteiger charge is -2.31. The Labute approximate surface area is 214 Å². The largest absolute Gasteiger partial charge is 0.324 e. The van der Waals surface area contributed by atoms with E-state index in [-0.39, 0.29) is 17.0 Å². The summed E-state index contributed by atoms with van der Waals surface area (Å²) in [6, 6.07) is 15.5. The first-order chi connectivity index (χ1) is 17.1. The molecule has 0 fully saturated rings. The molecule has 4 rings (SSSR count). The van der Waals surface area contributed by atoms with Crippen molar-refractivity contribution in [2.45, 2.75) is 24.8 Å². The molecular weight excluding hydrogens is 505 g/mol. The molecule has 10 heteroatoms. The van der Waals surface area contributed by atoms with Crippen molar-refractivity contribution in [3.05, 3.63) is 94.3 Å². The van der Waals surface area contributed by atoms with Gasteiger partial charge in [0.15, 0.2) is 0 Å². The number of fused-ring (bicyclic) bond motifs is 1. The van der Waals surface area contributed by atoms with Gasteiger partial charge in [-0.25, -0.2) is 12.8 Å². The third-order valence-electron chi connectivity index (χ3n) is 6.10. The van der Waals surface area contributed by atoms with Gasteiger partial charge in [-0.15, -0.1) is 0 Å². The number of amides is 2. The molecule has 0 aliphatic carbocycles. The van der Waals surface area contributed by atoms with E-state index in [0.717, 1.165) is 0 Å². The monoisotopic (exact) mass is 529 g/mol. The molecule has 3 aromatic rings. The smallest absolute Gasteiger partial charge is 0.255 e. The van der Waals surface area contributed by atoms with Crippen LogP contribution in [0.25, 0.3) is 0 Å². The minimum atomic E-state index is -3.69. The molecule has 1 N–H and O–H groups in total. The summed E-state index contributed by atoms with van der Waals surface area (Å²) in [5, 5.41) is 3.21. The van der Waals surface area contributed by atoms with Gasteiger partial charge in [-0.3, -0.25) is 9.59 Å². The number of nitrogens with zero attached hydrogens (tertiary/aromatic N) is 2. The van der Waals surface area contributed by atoms with E-state index in [1.54, 1.807) is 44.2 Å². The molecule has 188 valence electrons. The maximum absolute atomic E-state index is 13.7. The van der Waals surface area contributed by atoms with Gasteiger partial charge in [0.2, 0.25) is 15.9 Å². The van der Waals surface area contributed by atoms with Crippen LogP contribution in [-0.4, -0.2) is 49.1 Å². The van der Waals surface area contributed by atoms with Crippen LogP contribution in [-0.2, 0) is 14.8 Å². The van der Waals surface area contributed by atoms with E-state index in [0.29, 0.717) is 34.9 Å². The standard InChI is InChI=1S/C26H25ClFN3O4S/c1-3-30(4-2)36(34,35)21-12-7-18(8-13-21)26(33)31-16-24(32)29-23-14-9-19(27)15-22(23)25(31)17-5-10-20(28)11-6-17/h5-15,25H,3-4,16H2,1-2H3,(H,29,32). The van der Waals surface area contributed by atoms with Crippen LogP contribution in [0.4, 0.5) is 10.1 Å². The van der Waals surface area contributed by atoms with Crippen molar-refractivity contribution in [1.82, 2.24) is 9.21 Å². The fourth-order valence-corrected chi connectivity index (χ4v) is 5.96. The second-order valence-corrected chi connectivity index (χ2v) is 10.7. The Balaban J connectivity index is 1.78. The van der Waals surface area contributed by atoms with Gasteiger partial charge in [0.25, 0.3) is 5.91 Å². The third kappa shape index (κ3) is 5.00. The molecule has 2 amide bonds. The Morgan fingerprint density at radius 3 is 2.31 bits per heavy atom. The predicted molar refractivity (Wildman–Crippen MR) is 136 cm³/mol. The normalized spacial score (nSPS) is 15.9. The van der Waals surface area contributed by atoms with Gasteiger partial charge in [-0.1, -0.05) is 37.6 Å². The molecule has 1 atom stereocenters. The van der Waals surface area contributed by atoms with E-state index in [1.807, 2.05) is 0 Å². The lowest BCUT2D eigenvalue weighted by atomic mass is 9.95. The summed E-state index contributed by atoms with van der Waals surface area (Å²) in [7, 11) is -3.69. The molecule has 7 nitrogen and oxygen atoms in total. The van der Waals surface area contributed by atoms with Gasteiger partial charge < -0.3 is 10.2 Å². The van der Waals surface area contributed by atoms with Crippen LogP contribution in [0.1, 0.15) is 41.4 Å². The van der Waals surface area contributed by atoms with E-state index in [4.69, 9.17) is 11.6 Å². The topological polar surface area (TPSA) is 86.8 Å². The van der Waals surface area contributed by atoms with Gasteiger partial charge in [0.05, 0.1) is 10.9 Å². The average Bonchev–Trinajstić information content (AvgIpc) is 3.00. The number of nitrogens with one attached hydrogen (secondary N) is 1. The molecule has 0 saturated heterocycles. The highest BCUT2D eigenvalue weighted by Gasteiger charge is 2.34. The molecular formula is C26H25ClFN3O4S. The zero-order chi connectivity index (χ0) is 26.0. The quantitative estimate of drug-likeness (QED) is 0.502. The molecule has 0 saturated carbocycles. The molecule has 1 unspecified atom stereocenters. The van der Waals surface area contributed by atoms with Crippen molar-refractivity contribution in [3.63, 3.8) is 0 Å². The van der Waals surface area contributed by atoms with E-state index in [2.05, 4.69) is 5.32 Å². The van der Waals surface area contributed by atoms with Crippen molar-refractivity contribution in [2.24, 2.45) is 0 Å². The van der Waals surface area contributed by atoms with Crippen LogP contribution in [0.15, 0.2) is 71.6 Å². The van der Waals surface area contributed by atoms with Gasteiger partial charge >= 0.3 is 0 Å². The number of hydrogen-bond donors (Lipinski definition) is 1. The SMILES string of the molecule is CCN(CC)S(=O)(=O)c1ccc(C(=O)N2CC(=O)Nc3ccc(Cl)cc3C2c2ccc(F)cc2)cc1. The minimum Gasteiger partial charge on any atom is -0.324 e. The first kappa shape index (κ1) is 25.8. The van der Waals surface area contributed by atoms with Crippen molar-refractivity contribution >= 4 is 39.1 Å². The Morgan fingerprint density at radius 2 is 1.69 bits per heavy atom. The van der Waals surface area contributed by atoms with Crippen LogP contribution in [0.3, 0.4) is 0 Å². The molecule has 0 bridgehead atoms. The van der Waals surface area contributed by atoms with Crippen molar-refractivity contribution in [3.8, 4) is 0 Å². The number of hydrogen-bond acceptors (Lipinski definition) is 4. The summed E-state index contributed by atoms with van der Waals surface area (Å²) in [5.74, 6) is -1.33. The average molecular weight is 530 g/mol. The zero-order valence-electron chi connectivity index (χ0n) is 19.7. The lowest BCUT2D eigenvalue weighted by molar-refractivity contribution is -0.117. The first-order valence-corrected chi connectivity index (χ1v) is 13.2. The summed E-state index contributed by atoms with van der Waals surface area (Å²) < 4.78 is 40.7. The molecule has 1 heterocycles. The lowest BCUT2D eigenvalue weighted by Crippen LogP contribution is -2.39. The zero-order valence-corrected chi connectivity index (χ0v) is 21.3. The van der Waals surface area contributed by atoms with Gasteiger partial charge in [-0.2, -0.15) is 4.31 Å². The molecule has 1 aliphatic rings. The Morgan fingerprint density at radius 1 is 1.06 bits per heavy atom. The predicted octanol–water partition coefficient (Wildman–Crippen LogP) is 4.69. The molecule has 0 spiro atoms. The number of benzene rings is 3. The van der Waals surface area contributed by atoms with Gasteiger partial charge in [-0.05, 0) is 60.2 Å². The minimum absolute atomic E-state index is 0.0728. The first-order valence-electron chi connectivity index (χ1n) is 11.4. The second-order valence-electron chi connectivity index (χ2n) is 8.28. The summed E-state index contributed by atoms with van der Waals surface area (Å²) in [5.41, 5.74) is 1.87. The Hall–Kier alpha value is -3.27. The Kier molecular flexibility index (Phi) is 7.44. The number of carbonyl (C=O) groups is 2. The number of halogens is 2. The summed E-state index contributed by atoms with van der Waals surface area (Å²) in [6.45, 7) is 3.88. The highest BCUT2D eigenvalue weighted by atomic mass is 35.5. The second kappa shape index (κ2) is 10.4. The van der Waals surface area contributed by atoms with Crippen LogP contribution < -0.4 is 5.32 Å². The number of anilines is 1. The molecule has 3 aromatic carbocycles. The summed E-state index contributed by atoms with van der Waals surface area (Å²) in [6.07, 6.45) is 0. The highest BCUT2D eigenvalue weighted by Crippen LogP contribution is 2.38. The summed E-state index contributed by atoms with van der Waals surface area (Å²) >= 11 is 6.26. The fraction of sp³-hybridized carbons (Fsp3) is 0.231. The van der Waals surface area contributed by atoms with Gasteiger partial charge in [0, 0.05) is 34.9 Å². The van der Waals surface area contributed by atoms with Crippen molar-refractivity contribution in [2.75, 3.05) is 25.0 Å². The van der Waals surface area contributed by atoms with Crippen molar-refractivity contribution < 1.29 is 22.4 Å². The molecule has 0 aromatic heterocycles. The maximum Gasteiger partial charge on any atom is 0.255 e. The van der Waals surface area contributed by atoms with Crippen LogP contribution in [0.5, 0.6) is 0 Å². The fourth-order valence-electron chi connectivity index (χ4n) is 4.32.